The Labute approximate surface area is 372 Å². The summed E-state index contributed by atoms with van der Waals surface area (Å²) in [5.74, 6) is -4.54. The summed E-state index contributed by atoms with van der Waals surface area (Å²) in [5, 5.41) is 41.0. The molecule has 9 atom stereocenters. The van der Waals surface area contributed by atoms with E-state index in [1.807, 2.05) is 55.5 Å². The van der Waals surface area contributed by atoms with E-state index in [-0.39, 0.29) is 52.9 Å². The zero-order valence-electron chi connectivity index (χ0n) is 35.9. The highest BCUT2D eigenvalue weighted by atomic mass is 16.7. The van der Waals surface area contributed by atoms with Gasteiger partial charge in [0.05, 0.1) is 41.2 Å². The number of fused-ring (bicyclic) bond motifs is 9. The second kappa shape index (κ2) is 16.1. The van der Waals surface area contributed by atoms with Gasteiger partial charge in [-0.05, 0) is 38.0 Å². The van der Waals surface area contributed by atoms with Crippen LogP contribution >= 0.6 is 0 Å². The van der Waals surface area contributed by atoms with Crippen molar-refractivity contribution in [3.8, 4) is 22.6 Å². The second-order valence-electron chi connectivity index (χ2n) is 17.4. The third-order valence-corrected chi connectivity index (χ3v) is 13.6. The van der Waals surface area contributed by atoms with Gasteiger partial charge in [-0.2, -0.15) is 0 Å². The average Bonchev–Trinajstić information content (AvgIpc) is 3.82. The van der Waals surface area contributed by atoms with Crippen LogP contribution in [0, 0.1) is 0 Å². The van der Waals surface area contributed by atoms with Crippen molar-refractivity contribution in [1.82, 2.24) is 10.2 Å². The number of aliphatic hydroxyl groups is 1. The number of Topliss-reactive ketones (excluding diaryl/α,β-unsaturated/α-hetero) is 1. The van der Waals surface area contributed by atoms with Crippen molar-refractivity contribution < 1.29 is 67.7 Å². The smallest absolute Gasteiger partial charge is 0.408 e. The van der Waals surface area contributed by atoms with Gasteiger partial charge in [-0.25, -0.2) is 4.79 Å². The number of carbonyl (C=O) groups is 5. The molecule has 2 amide bonds. The van der Waals surface area contributed by atoms with Crippen LogP contribution in [0.3, 0.4) is 0 Å². The van der Waals surface area contributed by atoms with Gasteiger partial charge >= 0.3 is 6.09 Å². The lowest BCUT2D eigenvalue weighted by atomic mass is 9.72. The van der Waals surface area contributed by atoms with Crippen LogP contribution in [0.25, 0.3) is 11.1 Å². The van der Waals surface area contributed by atoms with Crippen LogP contribution in [-0.2, 0) is 44.4 Å². The predicted molar refractivity (Wildman–Crippen MR) is 227 cm³/mol. The first-order chi connectivity index (χ1) is 31.2. The number of hydrogen-bond donors (Lipinski definition) is 5. The number of hydrogen-bond acceptors (Lipinski definition) is 15. The minimum atomic E-state index is -2.09. The summed E-state index contributed by atoms with van der Waals surface area (Å²) in [6.45, 7) is 5.39. The molecule has 0 bridgehead atoms. The topological polar surface area (TPSA) is 229 Å². The van der Waals surface area contributed by atoms with Crippen molar-refractivity contribution in [2.75, 3.05) is 25.6 Å². The molecule has 4 aromatic carbocycles. The third-order valence-electron chi connectivity index (χ3n) is 13.6. The molecule has 10 rings (SSSR count). The molecule has 0 saturated carbocycles. The summed E-state index contributed by atoms with van der Waals surface area (Å²) in [5.41, 5.74) is -0.473. The summed E-state index contributed by atoms with van der Waals surface area (Å²) in [4.78, 5) is 71.1. The number of anilines is 1. The van der Waals surface area contributed by atoms with Crippen molar-refractivity contribution >= 4 is 35.0 Å². The predicted octanol–water partition coefficient (Wildman–Crippen LogP) is 4.55. The number of amides is 2. The fourth-order valence-corrected chi connectivity index (χ4v) is 10.4. The average molecular weight is 890 g/mol. The largest absolute Gasteiger partial charge is 0.507 e. The molecule has 4 aromatic rings. The Morgan fingerprint density at radius 2 is 1.57 bits per heavy atom. The lowest BCUT2D eigenvalue weighted by molar-refractivity contribution is -0.256. The zero-order chi connectivity index (χ0) is 45.6. The summed E-state index contributed by atoms with van der Waals surface area (Å²) in [7, 11) is 1.53. The molecule has 3 fully saturated rings. The Hall–Kier alpha value is -6.05. The number of alkyl carbamates (subject to hydrolysis) is 1. The molecular formula is C48H47N3O14. The molecule has 3 heterocycles. The number of benzene rings is 4. The monoisotopic (exact) mass is 889 g/mol. The molecule has 0 aromatic heterocycles. The Bertz CT molecular complexity index is 2640. The van der Waals surface area contributed by atoms with Crippen molar-refractivity contribution in [1.29, 1.82) is 0 Å². The maximum atomic E-state index is 14.7. The fraction of sp³-hybridized carbons (Fsp3) is 0.396. The molecule has 65 heavy (non-hydrogen) atoms. The van der Waals surface area contributed by atoms with Gasteiger partial charge in [-0.3, -0.25) is 24.1 Å². The Balaban J connectivity index is 0.919. The molecule has 3 aliphatic heterocycles. The van der Waals surface area contributed by atoms with Gasteiger partial charge in [0.1, 0.15) is 29.2 Å². The second-order valence-corrected chi connectivity index (χ2v) is 17.4. The Morgan fingerprint density at radius 1 is 0.892 bits per heavy atom. The third kappa shape index (κ3) is 6.92. The molecule has 3 aliphatic carbocycles. The van der Waals surface area contributed by atoms with E-state index in [1.165, 1.54) is 39.2 Å². The van der Waals surface area contributed by atoms with Gasteiger partial charge < -0.3 is 54.4 Å². The number of rotatable bonds is 8. The summed E-state index contributed by atoms with van der Waals surface area (Å²) < 4.78 is 36.3. The molecule has 0 unspecified atom stereocenters. The van der Waals surface area contributed by atoms with E-state index in [4.69, 9.17) is 28.4 Å². The van der Waals surface area contributed by atoms with Gasteiger partial charge in [0.2, 0.25) is 5.91 Å². The number of methoxy groups -OCH3 is 1. The molecule has 17 nitrogen and oxygen atoms in total. The number of ether oxygens (including phenoxy) is 6. The van der Waals surface area contributed by atoms with Crippen LogP contribution < -0.4 is 10.6 Å². The molecule has 3 saturated heterocycles. The quantitative estimate of drug-likeness (QED) is 0.135. The van der Waals surface area contributed by atoms with Crippen LogP contribution in [0.15, 0.2) is 66.7 Å². The highest BCUT2D eigenvalue weighted by Crippen LogP contribution is 2.53. The number of nitrogens with one attached hydrogen (secondary N) is 2. The maximum absolute atomic E-state index is 14.7. The number of phenolic OH excluding ortho intramolecular Hbond substituents is 2. The number of morpholine rings is 1. The lowest BCUT2D eigenvalue weighted by Gasteiger charge is -2.43. The number of aromatic hydroxyl groups is 2. The van der Waals surface area contributed by atoms with E-state index in [0.29, 0.717) is 13.2 Å². The highest BCUT2D eigenvalue weighted by molar-refractivity contribution is 6.32. The van der Waals surface area contributed by atoms with Crippen LogP contribution in [-0.4, -0.2) is 119 Å². The maximum Gasteiger partial charge on any atom is 0.408 e. The van der Waals surface area contributed by atoms with Gasteiger partial charge in [0, 0.05) is 66.8 Å². The zero-order valence-corrected chi connectivity index (χ0v) is 35.9. The molecular weight excluding hydrogens is 843 g/mol. The van der Waals surface area contributed by atoms with Gasteiger partial charge in [-0.15, -0.1) is 0 Å². The van der Waals surface area contributed by atoms with Crippen LogP contribution in [0.4, 0.5) is 10.5 Å². The molecule has 5 N–H and O–H groups in total. The number of ketones is 3. The number of carbonyl (C=O) groups excluding carboxylic acids is 5. The molecule has 338 valence electrons. The van der Waals surface area contributed by atoms with Crippen LogP contribution in [0.5, 0.6) is 11.5 Å². The van der Waals surface area contributed by atoms with Crippen molar-refractivity contribution in [3.05, 3.63) is 111 Å². The summed E-state index contributed by atoms with van der Waals surface area (Å²) in [6, 6.07) is 17.9. The summed E-state index contributed by atoms with van der Waals surface area (Å²) >= 11 is 0. The van der Waals surface area contributed by atoms with E-state index in [0.717, 1.165) is 22.3 Å². The van der Waals surface area contributed by atoms with E-state index in [2.05, 4.69) is 15.5 Å². The van der Waals surface area contributed by atoms with Crippen LogP contribution in [0.2, 0.25) is 0 Å². The minimum absolute atomic E-state index is 0.0909. The van der Waals surface area contributed by atoms with Crippen LogP contribution in [0.1, 0.15) is 99.9 Å². The van der Waals surface area contributed by atoms with E-state index in [9.17, 15) is 39.3 Å². The first kappa shape index (κ1) is 42.9. The van der Waals surface area contributed by atoms with Gasteiger partial charge in [-0.1, -0.05) is 60.7 Å². The van der Waals surface area contributed by atoms with E-state index >= 15 is 0 Å². The first-order valence-electron chi connectivity index (χ1n) is 21.6. The standard InChI is InChI=1S/C48H47N3O14/c1-21(49-47(58)65-43-26-12-7-5-10-24(26)25-11-6-8-13-27(25)43)44(57)50-30-15-9-14-28-34(30)40(55)37-36(38(28)53)39(54)29-19-48(59,23(3)52)20-32(35(29)41(37)56)63-33-18-31-42(22(2)62-33)64-45-46(60-4)61-17-16-51(31)45/h5-15,21-22,31-33,42-43,45-46,54,56,59H,16-20H2,1-4H3,(H,49,58)(H,50,57)/t21-,22-,31-,32-,33-,42+,45+,46-,48-/m0/s1. The summed E-state index contributed by atoms with van der Waals surface area (Å²) in [6.07, 6.45) is -6.44. The van der Waals surface area contributed by atoms with Crippen molar-refractivity contribution in [2.24, 2.45) is 0 Å². The molecule has 17 heteroatoms. The molecule has 0 spiro atoms. The van der Waals surface area contributed by atoms with Crippen molar-refractivity contribution in [2.45, 2.75) is 101 Å². The minimum Gasteiger partial charge on any atom is -0.507 e. The first-order valence-corrected chi connectivity index (χ1v) is 21.6. The highest BCUT2D eigenvalue weighted by Gasteiger charge is 2.55. The Kier molecular flexibility index (Phi) is 10.6. The lowest BCUT2D eigenvalue weighted by Crippen LogP contribution is -2.55. The number of phenols is 2. The molecule has 0 radical (unpaired) electrons. The van der Waals surface area contributed by atoms with E-state index in [1.54, 1.807) is 0 Å². The van der Waals surface area contributed by atoms with Crippen molar-refractivity contribution in [3.63, 3.8) is 0 Å². The SMILES string of the molecule is CO[C@H]1OCCN2[C@@H]1O[C@@H]1[C@H](C)O[C@@H](O[C@H]3C[C@](O)(C(C)=O)Cc4c(O)c5c(c(O)c43)C(=O)c3c(NC(=O)[C@H](C)NC(=O)OC4c6ccccc6-c6ccccc64)cccc3C5=O)C[C@@H]12. The van der Waals surface area contributed by atoms with E-state index < -0.39 is 107 Å². The molecule has 6 aliphatic rings. The van der Waals surface area contributed by atoms with Gasteiger partial charge in [0.15, 0.2) is 42.3 Å². The Morgan fingerprint density at radius 3 is 2.26 bits per heavy atom. The fourth-order valence-electron chi connectivity index (χ4n) is 10.4. The normalized spacial score (nSPS) is 28.1. The number of nitrogens with zero attached hydrogens (tertiary/aromatic N) is 1. The van der Waals surface area contributed by atoms with Gasteiger partial charge in [0.25, 0.3) is 0 Å².